The van der Waals surface area contributed by atoms with Gasteiger partial charge in [0.2, 0.25) is 5.91 Å². The van der Waals surface area contributed by atoms with Gasteiger partial charge >= 0.3 is 0 Å². The molecule has 1 aliphatic rings. The Morgan fingerprint density at radius 2 is 1.79 bits per heavy atom. The van der Waals surface area contributed by atoms with Crippen LogP contribution < -0.4 is 11.1 Å². The molecule has 1 aromatic rings. The standard InChI is InChI=1S/C15H22N2O.ClH/c1-11(16)12-7-9-14(10-8-12)17-15(18)13-5-3-2-4-6-13;/h7-11,13H,2-6,16H2,1H3,(H,17,18);1H. The molecule has 2 rings (SSSR count). The van der Waals surface area contributed by atoms with E-state index < -0.39 is 0 Å². The van der Waals surface area contributed by atoms with E-state index in [1.165, 1.54) is 19.3 Å². The normalized spacial score (nSPS) is 17.4. The summed E-state index contributed by atoms with van der Waals surface area (Å²) in [5.74, 6) is 0.370. The highest BCUT2D eigenvalue weighted by atomic mass is 35.5. The lowest BCUT2D eigenvalue weighted by molar-refractivity contribution is -0.120. The number of benzene rings is 1. The third-order valence-corrected chi connectivity index (χ3v) is 3.68. The van der Waals surface area contributed by atoms with Crippen LogP contribution in [0, 0.1) is 5.92 Å². The van der Waals surface area contributed by atoms with E-state index in [4.69, 9.17) is 5.73 Å². The number of rotatable bonds is 3. The van der Waals surface area contributed by atoms with Crippen LogP contribution in [0.4, 0.5) is 5.69 Å². The van der Waals surface area contributed by atoms with Crippen molar-refractivity contribution in [2.24, 2.45) is 11.7 Å². The van der Waals surface area contributed by atoms with Crippen molar-refractivity contribution in [3.8, 4) is 0 Å². The molecule has 106 valence electrons. The quantitative estimate of drug-likeness (QED) is 0.889. The number of hydrogen-bond donors (Lipinski definition) is 2. The fourth-order valence-electron chi connectivity index (χ4n) is 2.48. The topological polar surface area (TPSA) is 55.1 Å². The molecular weight excluding hydrogens is 260 g/mol. The van der Waals surface area contributed by atoms with Crippen LogP contribution in [-0.4, -0.2) is 5.91 Å². The molecule has 1 amide bonds. The van der Waals surface area contributed by atoms with Crippen LogP contribution in [-0.2, 0) is 4.79 Å². The molecule has 0 saturated heterocycles. The van der Waals surface area contributed by atoms with Gasteiger partial charge in [-0.3, -0.25) is 4.79 Å². The van der Waals surface area contributed by atoms with Crippen molar-refractivity contribution in [3.63, 3.8) is 0 Å². The van der Waals surface area contributed by atoms with Crippen LogP contribution in [0.15, 0.2) is 24.3 Å². The van der Waals surface area contributed by atoms with E-state index in [0.717, 1.165) is 24.1 Å². The maximum absolute atomic E-state index is 12.1. The minimum Gasteiger partial charge on any atom is -0.326 e. The van der Waals surface area contributed by atoms with E-state index in [1.54, 1.807) is 0 Å². The molecule has 0 heterocycles. The fourth-order valence-corrected chi connectivity index (χ4v) is 2.48. The summed E-state index contributed by atoms with van der Waals surface area (Å²) < 4.78 is 0. The Labute approximate surface area is 121 Å². The summed E-state index contributed by atoms with van der Waals surface area (Å²) in [7, 11) is 0. The van der Waals surface area contributed by atoms with Crippen molar-refractivity contribution < 1.29 is 4.79 Å². The number of carbonyl (C=O) groups is 1. The molecule has 1 unspecified atom stereocenters. The lowest BCUT2D eigenvalue weighted by atomic mass is 9.88. The van der Waals surface area contributed by atoms with Gasteiger partial charge in [0.1, 0.15) is 0 Å². The summed E-state index contributed by atoms with van der Waals surface area (Å²) in [6.07, 6.45) is 5.70. The molecule has 0 aliphatic heterocycles. The maximum Gasteiger partial charge on any atom is 0.227 e. The monoisotopic (exact) mass is 282 g/mol. The smallest absolute Gasteiger partial charge is 0.227 e. The largest absolute Gasteiger partial charge is 0.326 e. The Hall–Kier alpha value is -1.06. The summed E-state index contributed by atoms with van der Waals surface area (Å²) in [5, 5.41) is 3.00. The number of carbonyl (C=O) groups excluding carboxylic acids is 1. The van der Waals surface area contributed by atoms with Crippen molar-refractivity contribution in [1.29, 1.82) is 0 Å². The van der Waals surface area contributed by atoms with Gasteiger partial charge in [-0.15, -0.1) is 12.4 Å². The lowest BCUT2D eigenvalue weighted by Crippen LogP contribution is -2.24. The summed E-state index contributed by atoms with van der Waals surface area (Å²) in [6.45, 7) is 1.95. The third kappa shape index (κ3) is 4.51. The molecular formula is C15H23ClN2O. The Bertz CT molecular complexity index is 397. The number of amides is 1. The number of nitrogens with two attached hydrogens (primary N) is 1. The van der Waals surface area contributed by atoms with Gasteiger partial charge in [0.15, 0.2) is 0 Å². The average molecular weight is 283 g/mol. The van der Waals surface area contributed by atoms with Crippen LogP contribution in [0.1, 0.15) is 50.6 Å². The Balaban J connectivity index is 0.00000180. The van der Waals surface area contributed by atoms with Gasteiger partial charge in [-0.2, -0.15) is 0 Å². The van der Waals surface area contributed by atoms with E-state index in [2.05, 4.69) is 5.32 Å². The second kappa shape index (κ2) is 7.51. The van der Waals surface area contributed by atoms with Gasteiger partial charge in [-0.05, 0) is 37.5 Å². The second-order valence-electron chi connectivity index (χ2n) is 5.23. The predicted octanol–water partition coefficient (Wildman–Crippen LogP) is 3.65. The van der Waals surface area contributed by atoms with Gasteiger partial charge < -0.3 is 11.1 Å². The molecule has 1 atom stereocenters. The van der Waals surface area contributed by atoms with Crippen LogP contribution in [0.5, 0.6) is 0 Å². The molecule has 19 heavy (non-hydrogen) atoms. The number of nitrogens with one attached hydrogen (secondary N) is 1. The molecule has 0 spiro atoms. The summed E-state index contributed by atoms with van der Waals surface area (Å²) in [4.78, 5) is 12.1. The molecule has 0 radical (unpaired) electrons. The third-order valence-electron chi connectivity index (χ3n) is 3.68. The number of anilines is 1. The Kier molecular flexibility index (Phi) is 6.32. The summed E-state index contributed by atoms with van der Waals surface area (Å²) in [6, 6.07) is 7.84. The van der Waals surface area contributed by atoms with Crippen LogP contribution in [0.25, 0.3) is 0 Å². The zero-order valence-electron chi connectivity index (χ0n) is 11.4. The van der Waals surface area contributed by atoms with Gasteiger partial charge in [-0.25, -0.2) is 0 Å². The van der Waals surface area contributed by atoms with Gasteiger partial charge in [0, 0.05) is 17.6 Å². The highest BCUT2D eigenvalue weighted by Gasteiger charge is 2.20. The number of halogens is 1. The van der Waals surface area contributed by atoms with E-state index in [1.807, 2.05) is 31.2 Å². The molecule has 1 saturated carbocycles. The van der Waals surface area contributed by atoms with Gasteiger partial charge in [0.25, 0.3) is 0 Å². The van der Waals surface area contributed by atoms with Crippen LogP contribution in [0.2, 0.25) is 0 Å². The van der Waals surface area contributed by atoms with E-state index in [-0.39, 0.29) is 30.3 Å². The Morgan fingerprint density at radius 3 is 2.32 bits per heavy atom. The van der Waals surface area contributed by atoms with Crippen LogP contribution >= 0.6 is 12.4 Å². The minimum atomic E-state index is 0. The molecule has 1 aromatic carbocycles. The van der Waals surface area contributed by atoms with Gasteiger partial charge in [-0.1, -0.05) is 31.4 Å². The zero-order chi connectivity index (χ0) is 13.0. The molecule has 1 fully saturated rings. The fraction of sp³-hybridized carbons (Fsp3) is 0.533. The first kappa shape index (κ1) is 16.0. The second-order valence-corrected chi connectivity index (χ2v) is 5.23. The highest BCUT2D eigenvalue weighted by molar-refractivity contribution is 5.92. The average Bonchev–Trinajstić information content (AvgIpc) is 2.40. The Morgan fingerprint density at radius 1 is 1.21 bits per heavy atom. The SMILES string of the molecule is CC(N)c1ccc(NC(=O)C2CCCCC2)cc1.Cl. The van der Waals surface area contributed by atoms with Crippen molar-refractivity contribution in [3.05, 3.63) is 29.8 Å². The minimum absolute atomic E-state index is 0. The molecule has 1 aliphatic carbocycles. The van der Waals surface area contributed by atoms with E-state index >= 15 is 0 Å². The molecule has 4 heteroatoms. The molecule has 3 nitrogen and oxygen atoms in total. The zero-order valence-corrected chi connectivity index (χ0v) is 12.2. The van der Waals surface area contributed by atoms with E-state index in [9.17, 15) is 4.79 Å². The first-order chi connectivity index (χ1) is 8.66. The predicted molar refractivity (Wildman–Crippen MR) is 81.5 cm³/mol. The summed E-state index contributed by atoms with van der Waals surface area (Å²) in [5.41, 5.74) is 7.75. The van der Waals surface area contributed by atoms with E-state index in [0.29, 0.717) is 0 Å². The van der Waals surface area contributed by atoms with Crippen molar-refractivity contribution >= 4 is 24.0 Å². The number of hydrogen-bond acceptors (Lipinski definition) is 2. The first-order valence-corrected chi connectivity index (χ1v) is 6.83. The van der Waals surface area contributed by atoms with Crippen molar-refractivity contribution in [2.75, 3.05) is 5.32 Å². The lowest BCUT2D eigenvalue weighted by Gasteiger charge is -2.20. The first-order valence-electron chi connectivity index (χ1n) is 6.83. The summed E-state index contributed by atoms with van der Waals surface area (Å²) >= 11 is 0. The highest BCUT2D eigenvalue weighted by Crippen LogP contribution is 2.25. The van der Waals surface area contributed by atoms with Gasteiger partial charge in [0.05, 0.1) is 0 Å². The molecule has 0 aromatic heterocycles. The maximum atomic E-state index is 12.1. The van der Waals surface area contributed by atoms with Crippen molar-refractivity contribution in [2.45, 2.75) is 45.1 Å². The molecule has 3 N–H and O–H groups in total. The van der Waals surface area contributed by atoms with Crippen molar-refractivity contribution in [1.82, 2.24) is 0 Å². The van der Waals surface area contributed by atoms with Crippen LogP contribution in [0.3, 0.4) is 0 Å². The molecule has 0 bridgehead atoms.